The molecular formula is C31H36N4O. The second-order valence-electron chi connectivity index (χ2n) is 10.3. The summed E-state index contributed by atoms with van der Waals surface area (Å²) in [6, 6.07) is 26.9. The van der Waals surface area contributed by atoms with Gasteiger partial charge in [0.15, 0.2) is 0 Å². The van der Waals surface area contributed by atoms with E-state index in [0.29, 0.717) is 12.5 Å². The van der Waals surface area contributed by atoms with Crippen LogP contribution in [0.5, 0.6) is 0 Å². The highest BCUT2D eigenvalue weighted by Crippen LogP contribution is 2.45. The van der Waals surface area contributed by atoms with Crippen molar-refractivity contribution in [2.24, 2.45) is 5.92 Å². The van der Waals surface area contributed by atoms with Crippen molar-refractivity contribution in [3.05, 3.63) is 101 Å². The quantitative estimate of drug-likeness (QED) is 0.282. The molecule has 0 radical (unpaired) electrons. The third kappa shape index (κ3) is 5.36. The minimum absolute atomic E-state index is 0.0444. The smallest absolute Gasteiger partial charge is 0.254 e. The number of fused-ring (bicyclic) bond motifs is 1. The van der Waals surface area contributed by atoms with Crippen LogP contribution in [0.2, 0.25) is 0 Å². The summed E-state index contributed by atoms with van der Waals surface area (Å²) in [5, 5.41) is 0. The van der Waals surface area contributed by atoms with Gasteiger partial charge in [-0.05, 0) is 82.6 Å². The lowest BCUT2D eigenvalue weighted by Gasteiger charge is -2.33. The van der Waals surface area contributed by atoms with E-state index in [0.717, 1.165) is 60.3 Å². The first-order chi connectivity index (χ1) is 17.5. The molecule has 1 saturated carbocycles. The second-order valence-corrected chi connectivity index (χ2v) is 10.3. The van der Waals surface area contributed by atoms with Crippen LogP contribution in [-0.2, 0) is 6.54 Å². The molecule has 0 saturated heterocycles. The molecule has 5 rings (SSSR count). The summed E-state index contributed by atoms with van der Waals surface area (Å²) in [5.74, 6) is 1.54. The third-order valence-corrected chi connectivity index (χ3v) is 7.10. The Morgan fingerprint density at radius 2 is 1.64 bits per heavy atom. The van der Waals surface area contributed by atoms with Gasteiger partial charge in [0.05, 0.1) is 17.1 Å². The van der Waals surface area contributed by atoms with Crippen LogP contribution in [-0.4, -0.2) is 52.4 Å². The fourth-order valence-electron chi connectivity index (χ4n) is 5.05. The van der Waals surface area contributed by atoms with Crippen molar-refractivity contribution < 1.29 is 4.79 Å². The number of hydrogen-bond donors (Lipinski definition) is 0. The predicted molar refractivity (Wildman–Crippen MR) is 146 cm³/mol. The van der Waals surface area contributed by atoms with E-state index in [1.807, 2.05) is 30.3 Å². The van der Waals surface area contributed by atoms with Crippen LogP contribution >= 0.6 is 0 Å². The number of nitrogens with zero attached hydrogens (tertiary/aromatic N) is 4. The maximum Gasteiger partial charge on any atom is 0.254 e. The fraction of sp³-hybridized carbons (Fsp3) is 0.355. The Morgan fingerprint density at radius 3 is 2.33 bits per heavy atom. The van der Waals surface area contributed by atoms with E-state index in [9.17, 15) is 4.79 Å². The molecule has 186 valence electrons. The lowest BCUT2D eigenvalue weighted by molar-refractivity contribution is 0.0630. The highest BCUT2D eigenvalue weighted by molar-refractivity contribution is 5.94. The molecule has 1 heterocycles. The molecule has 1 amide bonds. The number of carbonyl (C=O) groups is 1. The summed E-state index contributed by atoms with van der Waals surface area (Å²) in [4.78, 5) is 23.5. The van der Waals surface area contributed by atoms with E-state index in [2.05, 4.69) is 83.9 Å². The summed E-state index contributed by atoms with van der Waals surface area (Å²) in [7, 11) is 4.17. The van der Waals surface area contributed by atoms with Crippen molar-refractivity contribution in [3.63, 3.8) is 0 Å². The standard InChI is InChI=1S/C31H36N4O/c1-23-14-16-26(17-15-23)31(36)34(21-9-20-33(2)3)29(25-18-19-25)30-32-27-12-7-8-13-28(27)35(30)22-24-10-5-4-6-11-24/h4-8,10-17,25,29H,9,18-22H2,1-3H3. The maximum absolute atomic E-state index is 14.0. The average Bonchev–Trinajstić information content (AvgIpc) is 3.66. The van der Waals surface area contributed by atoms with Gasteiger partial charge >= 0.3 is 0 Å². The van der Waals surface area contributed by atoms with Crippen LogP contribution in [0.15, 0.2) is 78.9 Å². The molecule has 1 aliphatic carbocycles. The van der Waals surface area contributed by atoms with Gasteiger partial charge in [0.25, 0.3) is 5.91 Å². The highest BCUT2D eigenvalue weighted by atomic mass is 16.2. The second kappa shape index (κ2) is 10.7. The molecular weight excluding hydrogens is 444 g/mol. The molecule has 4 aromatic rings. The summed E-state index contributed by atoms with van der Waals surface area (Å²) in [5.41, 5.74) is 5.26. The molecule has 1 atom stereocenters. The Labute approximate surface area is 214 Å². The van der Waals surface area contributed by atoms with Gasteiger partial charge in [-0.1, -0.05) is 60.2 Å². The first-order valence-electron chi connectivity index (χ1n) is 13.0. The zero-order valence-corrected chi connectivity index (χ0v) is 21.6. The first-order valence-corrected chi connectivity index (χ1v) is 13.0. The first kappa shape index (κ1) is 24.3. The average molecular weight is 481 g/mol. The van der Waals surface area contributed by atoms with Gasteiger partial charge in [-0.2, -0.15) is 0 Å². The van der Waals surface area contributed by atoms with Gasteiger partial charge in [-0.25, -0.2) is 4.98 Å². The van der Waals surface area contributed by atoms with Gasteiger partial charge in [0, 0.05) is 18.7 Å². The van der Waals surface area contributed by atoms with Crippen molar-refractivity contribution in [2.75, 3.05) is 27.2 Å². The van der Waals surface area contributed by atoms with Crippen molar-refractivity contribution in [2.45, 2.75) is 38.8 Å². The Morgan fingerprint density at radius 1 is 0.944 bits per heavy atom. The monoisotopic (exact) mass is 480 g/mol. The van der Waals surface area contributed by atoms with Crippen LogP contribution < -0.4 is 0 Å². The Balaban J connectivity index is 1.58. The third-order valence-electron chi connectivity index (χ3n) is 7.10. The van der Waals surface area contributed by atoms with Gasteiger partial charge in [0.2, 0.25) is 0 Å². The maximum atomic E-state index is 14.0. The molecule has 0 bridgehead atoms. The van der Waals surface area contributed by atoms with E-state index in [4.69, 9.17) is 4.98 Å². The molecule has 0 spiro atoms. The van der Waals surface area contributed by atoms with Crippen LogP contribution in [0.3, 0.4) is 0 Å². The van der Waals surface area contributed by atoms with Gasteiger partial charge < -0.3 is 14.4 Å². The van der Waals surface area contributed by atoms with Gasteiger partial charge in [-0.3, -0.25) is 4.79 Å². The van der Waals surface area contributed by atoms with E-state index in [1.54, 1.807) is 0 Å². The van der Waals surface area contributed by atoms with E-state index < -0.39 is 0 Å². The normalized spacial score (nSPS) is 14.3. The van der Waals surface area contributed by atoms with Crippen molar-refractivity contribution >= 4 is 16.9 Å². The molecule has 36 heavy (non-hydrogen) atoms. The van der Waals surface area contributed by atoms with Gasteiger partial charge in [0.1, 0.15) is 5.82 Å². The number of imidazole rings is 1. The zero-order valence-electron chi connectivity index (χ0n) is 21.6. The largest absolute Gasteiger partial charge is 0.328 e. The minimum atomic E-state index is -0.0444. The molecule has 1 unspecified atom stereocenters. The molecule has 3 aromatic carbocycles. The van der Waals surface area contributed by atoms with E-state index in [1.165, 1.54) is 5.56 Å². The van der Waals surface area contributed by atoms with Crippen molar-refractivity contribution in [3.8, 4) is 0 Å². The Kier molecular flexibility index (Phi) is 7.19. The van der Waals surface area contributed by atoms with Crippen LogP contribution in [0.25, 0.3) is 11.0 Å². The molecule has 5 nitrogen and oxygen atoms in total. The summed E-state index contributed by atoms with van der Waals surface area (Å²) in [6.07, 6.45) is 3.18. The molecule has 5 heteroatoms. The summed E-state index contributed by atoms with van der Waals surface area (Å²) >= 11 is 0. The number of rotatable bonds is 10. The lowest BCUT2D eigenvalue weighted by Crippen LogP contribution is -2.39. The molecule has 0 aliphatic heterocycles. The molecule has 1 fully saturated rings. The highest BCUT2D eigenvalue weighted by Gasteiger charge is 2.41. The van der Waals surface area contributed by atoms with Gasteiger partial charge in [-0.15, -0.1) is 0 Å². The summed E-state index contributed by atoms with van der Waals surface area (Å²) < 4.78 is 2.34. The molecule has 1 aliphatic rings. The minimum Gasteiger partial charge on any atom is -0.328 e. The van der Waals surface area contributed by atoms with Crippen LogP contribution in [0, 0.1) is 12.8 Å². The number of aromatic nitrogens is 2. The number of carbonyl (C=O) groups excluding carboxylic acids is 1. The number of aryl methyl sites for hydroxylation is 1. The van der Waals surface area contributed by atoms with Crippen molar-refractivity contribution in [1.29, 1.82) is 0 Å². The van der Waals surface area contributed by atoms with Crippen LogP contribution in [0.1, 0.15) is 52.6 Å². The SMILES string of the molecule is Cc1ccc(C(=O)N(CCCN(C)C)C(c2nc3ccccc3n2Cc2ccccc2)C2CC2)cc1. The van der Waals surface area contributed by atoms with Crippen molar-refractivity contribution in [1.82, 2.24) is 19.4 Å². The topological polar surface area (TPSA) is 41.4 Å². The van der Waals surface area contributed by atoms with E-state index in [-0.39, 0.29) is 11.9 Å². The fourth-order valence-corrected chi connectivity index (χ4v) is 5.05. The summed E-state index contributed by atoms with van der Waals surface area (Å²) in [6.45, 7) is 4.45. The number of amides is 1. The Hall–Kier alpha value is -3.44. The number of benzene rings is 3. The van der Waals surface area contributed by atoms with Crippen LogP contribution in [0.4, 0.5) is 0 Å². The number of hydrogen-bond acceptors (Lipinski definition) is 3. The molecule has 1 aromatic heterocycles. The lowest BCUT2D eigenvalue weighted by atomic mass is 10.1. The number of para-hydroxylation sites is 2. The van der Waals surface area contributed by atoms with E-state index >= 15 is 0 Å². The zero-order chi connectivity index (χ0) is 25.1. The Bertz CT molecular complexity index is 1310. The predicted octanol–water partition coefficient (Wildman–Crippen LogP) is 5.94. The molecule has 0 N–H and O–H groups in total.